The summed E-state index contributed by atoms with van der Waals surface area (Å²) >= 11 is 1.31. The lowest BCUT2D eigenvalue weighted by Gasteiger charge is -2.21. The van der Waals surface area contributed by atoms with Gasteiger partial charge < -0.3 is 20.3 Å². The molecule has 21 heavy (non-hydrogen) atoms. The number of alkyl carbamates (subject to hydrolysis) is 1. The van der Waals surface area contributed by atoms with Crippen LogP contribution in [0.2, 0.25) is 0 Å². The second-order valence-corrected chi connectivity index (χ2v) is 6.19. The third-order valence-electron chi connectivity index (χ3n) is 3.10. The van der Waals surface area contributed by atoms with Gasteiger partial charge in [-0.1, -0.05) is 13.8 Å². The SMILES string of the molecule is Cc1nsc2c1N(C)C(=O)C(NC(=O)OCC(C)C)CN2. The summed E-state index contributed by atoms with van der Waals surface area (Å²) in [5.41, 5.74) is 1.56. The van der Waals surface area contributed by atoms with Gasteiger partial charge >= 0.3 is 6.09 Å². The number of fused-ring (bicyclic) bond motifs is 1. The van der Waals surface area contributed by atoms with E-state index in [2.05, 4.69) is 15.0 Å². The van der Waals surface area contributed by atoms with Crippen LogP contribution < -0.4 is 15.5 Å². The van der Waals surface area contributed by atoms with E-state index >= 15 is 0 Å². The Labute approximate surface area is 127 Å². The predicted molar refractivity (Wildman–Crippen MR) is 81.9 cm³/mol. The largest absolute Gasteiger partial charge is 0.449 e. The molecule has 0 aliphatic carbocycles. The Hall–Kier alpha value is -1.83. The van der Waals surface area contributed by atoms with Gasteiger partial charge in [0.05, 0.1) is 12.3 Å². The molecule has 0 fully saturated rings. The van der Waals surface area contributed by atoms with E-state index in [1.807, 2.05) is 20.8 Å². The van der Waals surface area contributed by atoms with E-state index in [0.717, 1.165) is 16.4 Å². The van der Waals surface area contributed by atoms with Crippen LogP contribution in [0, 0.1) is 12.8 Å². The summed E-state index contributed by atoms with van der Waals surface area (Å²) < 4.78 is 9.29. The van der Waals surface area contributed by atoms with Crippen LogP contribution in [-0.2, 0) is 9.53 Å². The van der Waals surface area contributed by atoms with Crippen molar-refractivity contribution >= 4 is 34.2 Å². The molecule has 2 amide bonds. The maximum atomic E-state index is 12.4. The quantitative estimate of drug-likeness (QED) is 0.885. The average molecular weight is 312 g/mol. The summed E-state index contributed by atoms with van der Waals surface area (Å²) in [6.07, 6.45) is -0.572. The minimum atomic E-state index is -0.659. The van der Waals surface area contributed by atoms with Crippen LogP contribution in [0.25, 0.3) is 0 Å². The Morgan fingerprint density at radius 3 is 3.00 bits per heavy atom. The Morgan fingerprint density at radius 1 is 1.62 bits per heavy atom. The van der Waals surface area contributed by atoms with Crippen molar-refractivity contribution in [1.82, 2.24) is 9.69 Å². The fraction of sp³-hybridized carbons (Fsp3) is 0.615. The van der Waals surface area contributed by atoms with Crippen molar-refractivity contribution < 1.29 is 14.3 Å². The first-order valence-electron chi connectivity index (χ1n) is 6.81. The molecule has 116 valence electrons. The normalized spacial score (nSPS) is 18.0. The first-order valence-corrected chi connectivity index (χ1v) is 7.58. The highest BCUT2D eigenvalue weighted by Gasteiger charge is 2.31. The van der Waals surface area contributed by atoms with Gasteiger partial charge in [-0.15, -0.1) is 0 Å². The van der Waals surface area contributed by atoms with Gasteiger partial charge in [0.15, 0.2) is 0 Å². The van der Waals surface area contributed by atoms with Gasteiger partial charge in [0, 0.05) is 13.6 Å². The van der Waals surface area contributed by atoms with Crippen molar-refractivity contribution in [2.24, 2.45) is 5.92 Å². The van der Waals surface area contributed by atoms with Gasteiger partial charge in [0.1, 0.15) is 16.7 Å². The number of carbonyl (C=O) groups excluding carboxylic acids is 2. The molecule has 1 atom stereocenters. The second kappa shape index (κ2) is 6.30. The fourth-order valence-electron chi connectivity index (χ4n) is 2.04. The molecule has 8 heteroatoms. The third-order valence-corrected chi connectivity index (χ3v) is 3.99. The number of hydrogen-bond donors (Lipinski definition) is 2. The number of carbonyl (C=O) groups is 2. The molecular weight excluding hydrogens is 292 g/mol. The number of amides is 2. The van der Waals surface area contributed by atoms with E-state index in [1.54, 1.807) is 7.05 Å². The summed E-state index contributed by atoms with van der Waals surface area (Å²) in [4.78, 5) is 25.7. The van der Waals surface area contributed by atoms with Crippen LogP contribution >= 0.6 is 11.5 Å². The molecule has 0 saturated carbocycles. The second-order valence-electron chi connectivity index (χ2n) is 5.41. The molecule has 2 N–H and O–H groups in total. The average Bonchev–Trinajstić information content (AvgIpc) is 2.75. The van der Waals surface area contributed by atoms with Crippen molar-refractivity contribution in [2.45, 2.75) is 26.8 Å². The lowest BCUT2D eigenvalue weighted by molar-refractivity contribution is -0.119. The molecule has 1 aromatic heterocycles. The number of nitrogens with zero attached hydrogens (tertiary/aromatic N) is 2. The van der Waals surface area contributed by atoms with Crippen LogP contribution in [0.1, 0.15) is 19.5 Å². The molecule has 1 aliphatic rings. The Morgan fingerprint density at radius 2 is 2.33 bits per heavy atom. The van der Waals surface area contributed by atoms with Gasteiger partial charge in [-0.2, -0.15) is 4.37 Å². The highest BCUT2D eigenvalue weighted by molar-refractivity contribution is 7.11. The highest BCUT2D eigenvalue weighted by Crippen LogP contribution is 2.34. The van der Waals surface area contributed by atoms with E-state index < -0.39 is 12.1 Å². The minimum absolute atomic E-state index is 0.189. The topological polar surface area (TPSA) is 83.6 Å². The van der Waals surface area contributed by atoms with Crippen LogP contribution in [0.4, 0.5) is 15.5 Å². The standard InChI is InChI=1S/C13H20N4O3S/c1-7(2)6-20-13(19)15-9-5-14-11-10(8(3)16-21-11)17(4)12(9)18/h7,9,14H,5-6H2,1-4H3,(H,15,19). The monoisotopic (exact) mass is 312 g/mol. The zero-order chi connectivity index (χ0) is 15.6. The van der Waals surface area contributed by atoms with Gasteiger partial charge in [0.2, 0.25) is 0 Å². The number of aryl methyl sites for hydroxylation is 1. The Bertz CT molecular complexity index is 544. The van der Waals surface area contributed by atoms with Crippen LogP contribution in [-0.4, -0.2) is 42.6 Å². The van der Waals surface area contributed by atoms with Gasteiger partial charge in [-0.3, -0.25) is 4.79 Å². The zero-order valence-electron chi connectivity index (χ0n) is 12.6. The summed E-state index contributed by atoms with van der Waals surface area (Å²) in [6, 6.07) is -0.659. The molecule has 0 radical (unpaired) electrons. The van der Waals surface area contributed by atoms with Crippen molar-refractivity contribution in [3.05, 3.63) is 5.69 Å². The Balaban J connectivity index is 2.04. The van der Waals surface area contributed by atoms with E-state index in [-0.39, 0.29) is 11.8 Å². The van der Waals surface area contributed by atoms with E-state index in [9.17, 15) is 9.59 Å². The number of nitrogens with one attached hydrogen (secondary N) is 2. The molecule has 0 aromatic carbocycles. The smallest absolute Gasteiger partial charge is 0.407 e. The first kappa shape index (κ1) is 15.6. The lowest BCUT2D eigenvalue weighted by atomic mass is 10.2. The summed E-state index contributed by atoms with van der Waals surface area (Å²) in [5.74, 6) is 0.0631. The number of hydrogen-bond acceptors (Lipinski definition) is 6. The Kier molecular flexibility index (Phi) is 4.66. The van der Waals surface area contributed by atoms with Crippen molar-refractivity contribution in [2.75, 3.05) is 30.4 Å². The molecule has 7 nitrogen and oxygen atoms in total. The summed E-state index contributed by atoms with van der Waals surface area (Å²) in [5, 5.41) is 6.59. The number of anilines is 2. The van der Waals surface area contributed by atoms with Gasteiger partial charge in [0.25, 0.3) is 5.91 Å². The molecule has 1 unspecified atom stereocenters. The van der Waals surface area contributed by atoms with Gasteiger partial charge in [-0.25, -0.2) is 4.79 Å². The third kappa shape index (κ3) is 3.44. The lowest BCUT2D eigenvalue weighted by Crippen LogP contribution is -2.50. The minimum Gasteiger partial charge on any atom is -0.449 e. The molecule has 0 bridgehead atoms. The maximum Gasteiger partial charge on any atom is 0.407 e. The summed E-state index contributed by atoms with van der Waals surface area (Å²) in [7, 11) is 1.68. The first-order chi connectivity index (χ1) is 9.90. The summed E-state index contributed by atoms with van der Waals surface area (Å²) in [6.45, 7) is 6.40. The predicted octanol–water partition coefficient (Wildman–Crippen LogP) is 1.59. The molecule has 2 rings (SSSR count). The molecule has 1 aliphatic heterocycles. The highest BCUT2D eigenvalue weighted by atomic mass is 32.1. The molecule has 0 saturated heterocycles. The van der Waals surface area contributed by atoms with E-state index in [1.165, 1.54) is 16.4 Å². The van der Waals surface area contributed by atoms with E-state index in [4.69, 9.17) is 4.74 Å². The molecule has 2 heterocycles. The van der Waals surface area contributed by atoms with Crippen molar-refractivity contribution in [3.63, 3.8) is 0 Å². The molecule has 0 spiro atoms. The number of rotatable bonds is 3. The fourth-order valence-corrected chi connectivity index (χ4v) is 2.87. The number of likely N-dealkylation sites (N-methyl/N-ethyl adjacent to an activating group) is 1. The maximum absolute atomic E-state index is 12.4. The van der Waals surface area contributed by atoms with E-state index in [0.29, 0.717) is 13.2 Å². The van der Waals surface area contributed by atoms with Gasteiger partial charge in [-0.05, 0) is 24.4 Å². The van der Waals surface area contributed by atoms with Crippen LogP contribution in [0.15, 0.2) is 0 Å². The zero-order valence-corrected chi connectivity index (χ0v) is 13.4. The van der Waals surface area contributed by atoms with Crippen LogP contribution in [0.5, 0.6) is 0 Å². The van der Waals surface area contributed by atoms with Crippen molar-refractivity contribution in [3.8, 4) is 0 Å². The van der Waals surface area contributed by atoms with Crippen molar-refractivity contribution in [1.29, 1.82) is 0 Å². The molecule has 1 aromatic rings. The molecular formula is C13H20N4O3S. The number of aromatic nitrogens is 1. The van der Waals surface area contributed by atoms with Crippen LogP contribution in [0.3, 0.4) is 0 Å². The number of ether oxygens (including phenoxy) is 1.